The van der Waals surface area contributed by atoms with E-state index in [2.05, 4.69) is 17.0 Å². The van der Waals surface area contributed by atoms with E-state index in [1.54, 1.807) is 12.2 Å². The zero-order chi connectivity index (χ0) is 19.9. The van der Waals surface area contributed by atoms with E-state index >= 15 is 0 Å². The second-order valence-electron chi connectivity index (χ2n) is 10.0. The average Bonchev–Trinajstić information content (AvgIpc) is 2.98. The molecule has 5 nitrogen and oxygen atoms in total. The summed E-state index contributed by atoms with van der Waals surface area (Å²) in [5, 5.41) is 2.88. The van der Waals surface area contributed by atoms with Gasteiger partial charge in [-0.1, -0.05) is 12.2 Å². The molecule has 0 aromatic carbocycles. The number of amides is 1. The lowest BCUT2D eigenvalue weighted by Crippen LogP contribution is -2.53. The Morgan fingerprint density at radius 2 is 1.66 bits per heavy atom. The van der Waals surface area contributed by atoms with E-state index < -0.39 is 10.0 Å². The van der Waals surface area contributed by atoms with Gasteiger partial charge in [0.25, 0.3) is 5.91 Å². The van der Waals surface area contributed by atoms with Gasteiger partial charge >= 0.3 is 0 Å². The molecule has 7 aliphatic rings. The van der Waals surface area contributed by atoms with E-state index in [1.807, 2.05) is 12.2 Å². The molecule has 2 atom stereocenters. The number of hydrogen-bond donors (Lipinski definition) is 2. The molecule has 1 aliphatic heterocycles. The van der Waals surface area contributed by atoms with Crippen molar-refractivity contribution >= 4 is 15.9 Å². The van der Waals surface area contributed by atoms with Gasteiger partial charge in [-0.15, -0.1) is 0 Å². The molecule has 1 amide bonds. The highest BCUT2D eigenvalue weighted by molar-refractivity contribution is 7.93. The normalized spacial score (nSPS) is 40.5. The summed E-state index contributed by atoms with van der Waals surface area (Å²) >= 11 is 0. The second kappa shape index (κ2) is 6.17. The van der Waals surface area contributed by atoms with Crippen molar-refractivity contribution in [3.8, 4) is 0 Å². The Labute approximate surface area is 172 Å². The Bertz CT molecular complexity index is 989. The zero-order valence-electron chi connectivity index (χ0n) is 16.7. The van der Waals surface area contributed by atoms with Gasteiger partial charge in [0.05, 0.1) is 10.8 Å². The van der Waals surface area contributed by atoms with Crippen LogP contribution in [0.25, 0.3) is 0 Å². The highest BCUT2D eigenvalue weighted by Crippen LogP contribution is 2.57. The molecule has 0 aromatic rings. The van der Waals surface area contributed by atoms with E-state index in [0.29, 0.717) is 34.7 Å². The van der Waals surface area contributed by atoms with Crippen LogP contribution in [0.1, 0.15) is 45.4 Å². The Kier molecular flexibility index (Phi) is 3.86. The van der Waals surface area contributed by atoms with Gasteiger partial charge in [-0.25, -0.2) is 13.1 Å². The first kappa shape index (κ1) is 18.1. The fourth-order valence-corrected chi connectivity index (χ4v) is 9.14. The smallest absolute Gasteiger partial charge is 0.252 e. The number of allylic oxidation sites excluding steroid dienone is 6. The summed E-state index contributed by atoms with van der Waals surface area (Å²) in [6.07, 6.45) is 14.4. The Morgan fingerprint density at radius 3 is 2.34 bits per heavy atom. The number of carbonyl (C=O) groups is 1. The zero-order valence-corrected chi connectivity index (χ0v) is 17.5. The van der Waals surface area contributed by atoms with Crippen LogP contribution in [0.15, 0.2) is 46.1 Å². The lowest BCUT2D eigenvalue weighted by molar-refractivity contribution is -0.115. The van der Waals surface area contributed by atoms with Crippen LogP contribution >= 0.6 is 0 Å². The molecule has 6 heteroatoms. The SMILES string of the molecule is CC(NS(=O)(=O)C1=CC=C2NC(=O)C3=CCC=C1C23)C1C2CC3CC(C2)CC1C3. The first-order chi connectivity index (χ1) is 13.9. The quantitative estimate of drug-likeness (QED) is 0.745. The third-order valence-electron chi connectivity index (χ3n) is 8.33. The summed E-state index contributed by atoms with van der Waals surface area (Å²) in [5.41, 5.74) is 2.23. The fourth-order valence-electron chi connectivity index (χ4n) is 7.61. The van der Waals surface area contributed by atoms with Crippen LogP contribution in [0.2, 0.25) is 0 Å². The van der Waals surface area contributed by atoms with Gasteiger partial charge in [0.15, 0.2) is 0 Å². The maximum absolute atomic E-state index is 13.4. The molecule has 4 saturated carbocycles. The predicted molar refractivity (Wildman–Crippen MR) is 111 cm³/mol. The van der Waals surface area contributed by atoms with Crippen LogP contribution in [-0.4, -0.2) is 20.4 Å². The van der Waals surface area contributed by atoms with Crippen molar-refractivity contribution in [2.45, 2.75) is 51.5 Å². The molecule has 2 unspecified atom stereocenters. The molecule has 154 valence electrons. The highest BCUT2D eigenvalue weighted by Gasteiger charge is 2.50. The van der Waals surface area contributed by atoms with E-state index in [-0.39, 0.29) is 17.9 Å². The first-order valence-electron chi connectivity index (χ1n) is 11.1. The van der Waals surface area contributed by atoms with Crippen molar-refractivity contribution in [1.82, 2.24) is 10.0 Å². The molecular formula is C23H28N2O3S. The van der Waals surface area contributed by atoms with Crippen LogP contribution < -0.4 is 10.0 Å². The number of rotatable bonds is 4. The van der Waals surface area contributed by atoms with Gasteiger partial charge in [-0.3, -0.25) is 4.79 Å². The van der Waals surface area contributed by atoms with Crippen LogP contribution in [0, 0.1) is 35.5 Å². The fraction of sp³-hybridized carbons (Fsp3) is 0.609. The lowest BCUT2D eigenvalue weighted by Gasteiger charge is -2.56. The average molecular weight is 413 g/mol. The summed E-state index contributed by atoms with van der Waals surface area (Å²) in [6, 6.07) is -0.0520. The molecule has 0 spiro atoms. The van der Waals surface area contributed by atoms with Crippen LogP contribution in [0.4, 0.5) is 0 Å². The summed E-state index contributed by atoms with van der Waals surface area (Å²) in [7, 11) is -3.64. The molecule has 1 heterocycles. The largest absolute Gasteiger partial charge is 0.325 e. The van der Waals surface area contributed by atoms with E-state index in [4.69, 9.17) is 0 Å². The molecule has 29 heavy (non-hydrogen) atoms. The third-order valence-corrected chi connectivity index (χ3v) is 9.97. The standard InChI is InChI=1S/C23H28N2O3S/c1-12(21-15-8-13-7-14(10-15)11-16(21)9-13)25-29(27,28)20-6-5-19-22-17(20)3-2-4-18(22)23(26)24-19/h3-6,12-16,21-22,25H,2,7-11H2,1H3,(H,24,26). The van der Waals surface area contributed by atoms with Crippen LogP contribution in [0.3, 0.4) is 0 Å². The number of sulfonamides is 1. The van der Waals surface area contributed by atoms with Crippen molar-refractivity contribution < 1.29 is 13.2 Å². The van der Waals surface area contributed by atoms with Crippen LogP contribution in [-0.2, 0) is 14.8 Å². The van der Waals surface area contributed by atoms with Crippen molar-refractivity contribution in [2.75, 3.05) is 0 Å². The number of hydrogen-bond acceptors (Lipinski definition) is 3. The molecule has 4 bridgehead atoms. The monoisotopic (exact) mass is 412 g/mol. The summed E-state index contributed by atoms with van der Waals surface area (Å²) in [6.45, 7) is 2.07. The van der Waals surface area contributed by atoms with Gasteiger partial charge < -0.3 is 5.32 Å². The molecule has 0 aromatic heterocycles. The Balaban J connectivity index is 1.26. The van der Waals surface area contributed by atoms with Gasteiger partial charge in [-0.2, -0.15) is 0 Å². The third kappa shape index (κ3) is 2.68. The molecular weight excluding hydrogens is 384 g/mol. The van der Waals surface area contributed by atoms with Crippen molar-refractivity contribution in [3.05, 3.63) is 46.1 Å². The predicted octanol–water partition coefficient (Wildman–Crippen LogP) is 3.15. The number of carbonyl (C=O) groups excluding carboxylic acids is 1. The molecule has 5 fully saturated rings. The molecule has 7 rings (SSSR count). The van der Waals surface area contributed by atoms with Gasteiger partial charge in [-0.05, 0) is 92.8 Å². The minimum absolute atomic E-state index is 0.0520. The molecule has 2 N–H and O–H groups in total. The van der Waals surface area contributed by atoms with Gasteiger partial charge in [0.2, 0.25) is 10.0 Å². The molecule has 1 saturated heterocycles. The van der Waals surface area contributed by atoms with Crippen molar-refractivity contribution in [2.24, 2.45) is 35.5 Å². The summed E-state index contributed by atoms with van der Waals surface area (Å²) < 4.78 is 29.9. The second-order valence-corrected chi connectivity index (χ2v) is 11.7. The summed E-state index contributed by atoms with van der Waals surface area (Å²) in [5.74, 6) is 3.22. The highest BCUT2D eigenvalue weighted by atomic mass is 32.2. The summed E-state index contributed by atoms with van der Waals surface area (Å²) in [4.78, 5) is 12.5. The first-order valence-corrected chi connectivity index (χ1v) is 12.5. The van der Waals surface area contributed by atoms with Gasteiger partial charge in [0, 0.05) is 17.3 Å². The minimum Gasteiger partial charge on any atom is -0.325 e. The van der Waals surface area contributed by atoms with Crippen molar-refractivity contribution in [1.29, 1.82) is 0 Å². The molecule has 6 aliphatic carbocycles. The maximum atomic E-state index is 13.4. The lowest BCUT2D eigenvalue weighted by atomic mass is 9.51. The topological polar surface area (TPSA) is 75.3 Å². The maximum Gasteiger partial charge on any atom is 0.252 e. The van der Waals surface area contributed by atoms with Gasteiger partial charge in [0.1, 0.15) is 0 Å². The van der Waals surface area contributed by atoms with Crippen molar-refractivity contribution in [3.63, 3.8) is 0 Å². The Hall–Kier alpha value is -1.66. The van der Waals surface area contributed by atoms with Crippen LogP contribution in [0.5, 0.6) is 0 Å². The Morgan fingerprint density at radius 1 is 1.00 bits per heavy atom. The van der Waals surface area contributed by atoms with E-state index in [0.717, 1.165) is 23.1 Å². The van der Waals surface area contributed by atoms with E-state index in [1.165, 1.54) is 32.1 Å². The minimum atomic E-state index is -3.64. The number of nitrogens with one attached hydrogen (secondary N) is 2. The molecule has 0 radical (unpaired) electrons. The van der Waals surface area contributed by atoms with E-state index in [9.17, 15) is 13.2 Å².